The van der Waals surface area contributed by atoms with E-state index >= 15 is 0 Å². The van der Waals surface area contributed by atoms with Gasteiger partial charge < -0.3 is 36.1 Å². The molecule has 0 bridgehead atoms. The van der Waals surface area contributed by atoms with E-state index in [1.54, 1.807) is 64.7 Å². The molecule has 10 aromatic rings. The molecule has 5 unspecified atom stereocenters. The highest BCUT2D eigenvalue weighted by Gasteiger charge is 2.41. The second-order valence-electron chi connectivity index (χ2n) is 33.8. The third-order valence-corrected chi connectivity index (χ3v) is 39.3. The molecule has 3 aromatic heterocycles. The lowest BCUT2D eigenvalue weighted by Crippen LogP contribution is -2.34. The van der Waals surface area contributed by atoms with Gasteiger partial charge in [-0.25, -0.2) is 77.4 Å². The number of nitrogens with one attached hydrogen (secondary N) is 10. The summed E-state index contributed by atoms with van der Waals surface area (Å²) in [6.07, 6.45) is 21.7. The molecule has 0 fully saturated rings. The van der Waals surface area contributed by atoms with E-state index in [0.29, 0.717) is 139 Å². The molecule has 15 amide bonds. The molecule has 7 aromatic carbocycles. The van der Waals surface area contributed by atoms with Crippen molar-refractivity contribution in [3.05, 3.63) is 236 Å². The number of rotatable bonds is 11. The van der Waals surface area contributed by atoms with Crippen LogP contribution in [0.1, 0.15) is 196 Å². The van der Waals surface area contributed by atoms with Gasteiger partial charge in [0.2, 0.25) is 0 Å². The van der Waals surface area contributed by atoms with Crippen molar-refractivity contribution in [2.24, 2.45) is 21.8 Å². The highest BCUT2D eigenvalue weighted by atomic mass is 79.9. The zero-order valence-electron chi connectivity index (χ0n) is 71.6. The molecule has 6 aliphatic heterocycles. The van der Waals surface area contributed by atoms with Gasteiger partial charge in [-0.15, -0.1) is 55.8 Å². The summed E-state index contributed by atoms with van der Waals surface area (Å²) in [5.41, 5.74) is 20.9. The summed E-state index contributed by atoms with van der Waals surface area (Å²) in [5, 5.41) is 19.1. The van der Waals surface area contributed by atoms with Gasteiger partial charge in [0.15, 0.2) is 49.6 Å². The number of carbonyl (C=O) groups is 10. The number of hydrogen-bond acceptors (Lipinski definition) is 20. The van der Waals surface area contributed by atoms with Crippen molar-refractivity contribution in [2.45, 2.75) is 185 Å². The monoisotopic (exact) mass is 2110 g/mol. The zero-order chi connectivity index (χ0) is 94.1. The molecule has 0 saturated carbocycles. The quantitative estimate of drug-likeness (QED) is 0.0575. The number of amides is 15. The molecule has 135 heavy (non-hydrogen) atoms. The van der Waals surface area contributed by atoms with E-state index in [-0.39, 0.29) is 47.2 Å². The Morgan fingerprint density at radius 2 is 0.644 bits per heavy atom. The van der Waals surface area contributed by atoms with Crippen LogP contribution in [-0.4, -0.2) is 94.5 Å². The Bertz CT molecular complexity index is 7440. The first-order valence-corrected chi connectivity index (χ1v) is 55.3. The van der Waals surface area contributed by atoms with E-state index in [4.69, 9.17) is 9.47 Å². The third kappa shape index (κ3) is 16.8. The molecular formula is C91H81Br2F2N15O17S8. The zero-order valence-corrected chi connectivity index (χ0v) is 81.3. The summed E-state index contributed by atoms with van der Waals surface area (Å²) in [5.74, 6) is -1.98. The number of ether oxygens (including phenoxy) is 2. The fourth-order valence-electron chi connectivity index (χ4n) is 20.1. The van der Waals surface area contributed by atoms with Crippen LogP contribution < -0.4 is 59.7 Å². The maximum atomic E-state index is 14.7. The molecule has 44 heteroatoms. The SMILES string of the molecule is COc1ccc2c(c1)C(=O)N=S2(=O)NC(=O)Nc1c2c(cc3c1CCC3)CCC2.O=C(Nc1c(Br)ccc2c1CCO2)NS1(=O)=NC(=O)c2sccc21.O=C(Nc1c2c(c(F)c3c1CCC3)CCC2)NS1(=O)=NC(=O)c2sccc21.O=C(Nc1c2c(c(F)c3c1CCC3)CCC2)NS1(=O)=NC(=O)c2sccc21.O=C(Nc1c2c(cc3c1CCC3)CCC2)NS1(=O)=NC(=O)c2cc(Br)ccc21. The van der Waals surface area contributed by atoms with Gasteiger partial charge in [0.1, 0.15) is 37.8 Å². The van der Waals surface area contributed by atoms with Gasteiger partial charge in [0, 0.05) is 43.7 Å². The van der Waals surface area contributed by atoms with Gasteiger partial charge in [-0.3, -0.25) is 24.0 Å². The Labute approximate surface area is 802 Å². The second-order valence-corrected chi connectivity index (χ2v) is 47.7. The molecule has 5 atom stereocenters. The molecule has 698 valence electrons. The standard InChI is InChI=1S/C21H21N3O4S.C20H18BrN3O3S.2C18H16FN3O3S2.C14H10BrN3O4S2/c1-28-14-8-9-18-17(11-14)20(25)23-29(18,27)24-21(26)22-19-15-6-2-4-12(15)10-13-5-3-7-16(13)19;21-13-7-8-17-16(10-13)19(25)23-28(17,27)24-20(26)22-18-14-5-1-3-11(14)9-12-4-2-6-15(12)18;2*19-14-9-3-1-5-11(9)15(12-6-2-4-10(12)14)20-18(24)22-27(25)13-7-8-26-16(13)17(23)21-27;15-8-1-2-9-7(3-5-22-9)11(8)16-14(20)18-24(21)10-4-6-23-12(10)13(19)17-24/h8-11H,2-7H2,1H3,(H2,22,23,24,25,26,27);7-10H,1-6H2,(H2,22,23,24,25,26,27);2*7-8H,1-6H2,(H2,20,21,22,23,24,25);1-2,4,6H,3,5H2,(H2,16,17,18,19,20,21). The second kappa shape index (κ2) is 35.9. The molecule has 0 saturated heterocycles. The number of methoxy groups -OCH3 is 1. The summed E-state index contributed by atoms with van der Waals surface area (Å²) >= 11 is 10.1. The molecule has 24 rings (SSSR count). The summed E-state index contributed by atoms with van der Waals surface area (Å²) in [6.45, 7) is 0.543. The Balaban J connectivity index is 0.000000105. The predicted molar refractivity (Wildman–Crippen MR) is 512 cm³/mol. The van der Waals surface area contributed by atoms with Crippen LogP contribution in [0.15, 0.2) is 150 Å². The first-order chi connectivity index (χ1) is 64.9. The summed E-state index contributed by atoms with van der Waals surface area (Å²) in [7, 11) is -15.2. The van der Waals surface area contributed by atoms with Crippen LogP contribution in [0.3, 0.4) is 0 Å². The van der Waals surface area contributed by atoms with E-state index < -0.39 is 109 Å². The number of urea groups is 5. The van der Waals surface area contributed by atoms with Gasteiger partial charge in [0.25, 0.3) is 29.5 Å². The van der Waals surface area contributed by atoms with Crippen LogP contribution in [0.5, 0.6) is 11.5 Å². The number of anilines is 5. The highest BCUT2D eigenvalue weighted by molar-refractivity contribution is 9.11. The lowest BCUT2D eigenvalue weighted by atomic mass is 9.98. The number of hydrogen-bond donors (Lipinski definition) is 10. The van der Waals surface area contributed by atoms with Crippen molar-refractivity contribution < 1.29 is 87.2 Å². The van der Waals surface area contributed by atoms with Gasteiger partial charge in [-0.2, -0.15) is 0 Å². The van der Waals surface area contributed by atoms with Crippen molar-refractivity contribution in [1.82, 2.24) is 23.6 Å². The molecule has 32 nitrogen and oxygen atoms in total. The Morgan fingerprint density at radius 1 is 0.341 bits per heavy atom. The fourth-order valence-corrected chi connectivity index (χ4v) is 32.4. The van der Waals surface area contributed by atoms with E-state index in [9.17, 15) is 77.8 Å². The fraction of sp³-hybridized carbons (Fsp3) is 0.297. The number of nitrogens with zero attached hydrogens (tertiary/aromatic N) is 5. The minimum Gasteiger partial charge on any atom is -0.497 e. The molecule has 14 aliphatic rings. The number of benzene rings is 7. The summed E-state index contributed by atoms with van der Waals surface area (Å²) < 4.78 is 137. The largest absolute Gasteiger partial charge is 0.497 e. The highest BCUT2D eigenvalue weighted by Crippen LogP contribution is 2.47. The van der Waals surface area contributed by atoms with Gasteiger partial charge in [-0.05, 0) is 342 Å². The van der Waals surface area contributed by atoms with E-state index in [0.717, 1.165) is 176 Å². The van der Waals surface area contributed by atoms with Crippen LogP contribution in [0, 0.1) is 11.6 Å². The lowest BCUT2D eigenvalue weighted by Gasteiger charge is -2.17. The molecule has 0 radical (unpaired) electrons. The van der Waals surface area contributed by atoms with Crippen molar-refractivity contribution in [3.8, 4) is 11.5 Å². The molecule has 10 N–H and O–H groups in total. The smallest absolute Gasteiger partial charge is 0.332 e. The first kappa shape index (κ1) is 91.3. The van der Waals surface area contributed by atoms with Gasteiger partial charge >= 0.3 is 30.2 Å². The number of fused-ring (bicyclic) bond motifs is 14. The van der Waals surface area contributed by atoms with E-state index in [1.165, 1.54) is 63.8 Å². The Kier molecular flexibility index (Phi) is 24.3. The maximum Gasteiger partial charge on any atom is 0.332 e. The number of halogens is 4. The molecule has 8 aliphatic carbocycles. The molecule has 0 spiro atoms. The predicted octanol–water partition coefficient (Wildman–Crippen LogP) is 17.9. The van der Waals surface area contributed by atoms with E-state index in [1.807, 2.05) is 6.07 Å². The van der Waals surface area contributed by atoms with Crippen LogP contribution in [-0.2, 0) is 159 Å². The number of aryl methyl sites for hydroxylation is 4. The first-order valence-electron chi connectivity index (χ1n) is 43.5. The Morgan fingerprint density at radius 3 is 1.01 bits per heavy atom. The van der Waals surface area contributed by atoms with Crippen LogP contribution in [0.4, 0.5) is 61.2 Å². The minimum atomic E-state index is -3.38. The van der Waals surface area contributed by atoms with Crippen molar-refractivity contribution in [3.63, 3.8) is 0 Å². The normalized spacial score (nSPS) is 21.6. The summed E-state index contributed by atoms with van der Waals surface area (Å²) in [6, 6.07) is 18.9. The number of thiophene rings is 3. The van der Waals surface area contributed by atoms with Crippen LogP contribution in [0.25, 0.3) is 0 Å². The van der Waals surface area contributed by atoms with Crippen molar-refractivity contribution in [1.29, 1.82) is 0 Å². The van der Waals surface area contributed by atoms with Crippen LogP contribution in [0.2, 0.25) is 0 Å². The van der Waals surface area contributed by atoms with Gasteiger partial charge in [0.05, 0.1) is 55.0 Å². The minimum absolute atomic E-state index is 0.119. The van der Waals surface area contributed by atoms with Crippen LogP contribution >= 0.6 is 65.9 Å². The Hall–Kier alpha value is -11.5. The van der Waals surface area contributed by atoms with E-state index in [2.05, 4.69) is 116 Å². The van der Waals surface area contributed by atoms with Gasteiger partial charge in [-0.1, -0.05) is 28.1 Å². The third-order valence-electron chi connectivity index (χ3n) is 25.9. The average molecular weight is 2110 g/mol. The summed E-state index contributed by atoms with van der Waals surface area (Å²) in [4.78, 5) is 125. The van der Waals surface area contributed by atoms with Crippen molar-refractivity contribution >= 4 is 204 Å². The maximum absolute atomic E-state index is 14.7. The molecular weight excluding hydrogens is 2030 g/mol. The molecule has 9 heterocycles. The average Bonchev–Trinajstić information content (AvgIpc) is 1.56. The number of carbonyl (C=O) groups excluding carboxylic acids is 10. The lowest BCUT2D eigenvalue weighted by molar-refractivity contribution is 0.0997. The topological polar surface area (TPSA) is 457 Å². The van der Waals surface area contributed by atoms with Crippen molar-refractivity contribution in [2.75, 3.05) is 40.3 Å².